The van der Waals surface area contributed by atoms with Gasteiger partial charge >= 0.3 is 0 Å². The van der Waals surface area contributed by atoms with E-state index in [0.717, 1.165) is 134 Å². The summed E-state index contributed by atoms with van der Waals surface area (Å²) in [6.07, 6.45) is 8.60. The zero-order valence-electron chi connectivity index (χ0n) is 28.4. The van der Waals surface area contributed by atoms with Gasteiger partial charge in [-0.3, -0.25) is 0 Å². The Bertz CT molecular complexity index is 1210. The van der Waals surface area contributed by atoms with Gasteiger partial charge < -0.3 is 18.9 Å². The van der Waals surface area contributed by atoms with Gasteiger partial charge in [-0.25, -0.2) is 0 Å². The van der Waals surface area contributed by atoms with Crippen LogP contribution in [0.3, 0.4) is 0 Å². The average molecular weight is 621 g/mol. The van der Waals surface area contributed by atoms with Crippen LogP contribution in [-0.4, -0.2) is 26.4 Å². The number of ether oxygens (including phenoxy) is 4. The highest BCUT2D eigenvalue weighted by Crippen LogP contribution is 2.39. The van der Waals surface area contributed by atoms with Crippen molar-refractivity contribution in [3.05, 3.63) is 119 Å². The molecule has 0 aliphatic carbocycles. The van der Waals surface area contributed by atoms with Gasteiger partial charge in [0.05, 0.1) is 26.4 Å². The smallest absolute Gasteiger partial charge is 0.119 e. The van der Waals surface area contributed by atoms with Gasteiger partial charge in [-0.05, 0) is 108 Å². The number of benzene rings is 4. The van der Waals surface area contributed by atoms with Gasteiger partial charge in [-0.2, -0.15) is 0 Å². The molecule has 0 fully saturated rings. The van der Waals surface area contributed by atoms with Gasteiger partial charge in [0, 0.05) is 0 Å². The molecule has 0 unspecified atom stereocenters. The lowest BCUT2D eigenvalue weighted by molar-refractivity contribution is 0.309. The quantitative estimate of drug-likeness (QED) is 0.0727. The minimum absolute atomic E-state index is 0.725. The first kappa shape index (κ1) is 34.7. The summed E-state index contributed by atoms with van der Waals surface area (Å²) in [5.74, 6) is 3.56. The van der Waals surface area contributed by atoms with Crippen molar-refractivity contribution < 1.29 is 18.9 Å². The number of rotatable bonds is 20. The van der Waals surface area contributed by atoms with Crippen molar-refractivity contribution in [3.8, 4) is 23.0 Å². The molecule has 4 heteroatoms. The molecular weight excluding hydrogens is 568 g/mol. The van der Waals surface area contributed by atoms with Crippen LogP contribution in [0, 0.1) is 0 Å². The summed E-state index contributed by atoms with van der Waals surface area (Å²) in [5.41, 5.74) is 6.74. The molecule has 244 valence electrons. The summed E-state index contributed by atoms with van der Waals surface area (Å²) in [7, 11) is 0. The zero-order valence-corrected chi connectivity index (χ0v) is 28.4. The Labute approximate surface area is 277 Å². The topological polar surface area (TPSA) is 36.9 Å². The Morgan fingerprint density at radius 1 is 0.326 bits per heavy atom. The highest BCUT2D eigenvalue weighted by molar-refractivity contribution is 6.04. The Balaban J connectivity index is 1.83. The highest BCUT2D eigenvalue weighted by Gasteiger charge is 2.17. The van der Waals surface area contributed by atoms with E-state index in [0.29, 0.717) is 0 Å². The molecule has 0 aromatic heterocycles. The number of unbranched alkanes of at least 4 members (excludes halogenated alkanes) is 4. The van der Waals surface area contributed by atoms with E-state index in [1.165, 1.54) is 0 Å². The van der Waals surface area contributed by atoms with Gasteiger partial charge in [0.1, 0.15) is 23.0 Å². The second kappa shape index (κ2) is 19.4. The van der Waals surface area contributed by atoms with Crippen LogP contribution in [-0.2, 0) is 0 Å². The van der Waals surface area contributed by atoms with Crippen molar-refractivity contribution >= 4 is 11.1 Å². The van der Waals surface area contributed by atoms with Crippen LogP contribution in [0.15, 0.2) is 97.1 Å². The SMILES string of the molecule is CCCCOc1ccc(C(=C(c2ccc(OCCCC)cc2)c2ccc(OCCCC)cc2)c2ccc(OCCCC)cc2)cc1. The summed E-state index contributed by atoms with van der Waals surface area (Å²) in [5, 5.41) is 0. The van der Waals surface area contributed by atoms with Crippen LogP contribution in [0.25, 0.3) is 11.1 Å². The first-order chi connectivity index (χ1) is 22.7. The van der Waals surface area contributed by atoms with Crippen LogP contribution in [0.5, 0.6) is 23.0 Å². The summed E-state index contributed by atoms with van der Waals surface area (Å²) >= 11 is 0. The van der Waals surface area contributed by atoms with Crippen molar-refractivity contribution in [1.29, 1.82) is 0 Å². The van der Waals surface area contributed by atoms with Gasteiger partial charge in [0.2, 0.25) is 0 Å². The van der Waals surface area contributed by atoms with E-state index in [9.17, 15) is 0 Å². The molecule has 4 aromatic carbocycles. The monoisotopic (exact) mass is 620 g/mol. The fourth-order valence-corrected chi connectivity index (χ4v) is 5.12. The molecular formula is C42H52O4. The fraction of sp³-hybridized carbons (Fsp3) is 0.381. The van der Waals surface area contributed by atoms with Crippen molar-refractivity contribution in [2.75, 3.05) is 26.4 Å². The van der Waals surface area contributed by atoms with Crippen molar-refractivity contribution in [3.63, 3.8) is 0 Å². The molecule has 0 saturated carbocycles. The van der Waals surface area contributed by atoms with E-state index in [2.05, 4.69) is 125 Å². The van der Waals surface area contributed by atoms with E-state index in [4.69, 9.17) is 18.9 Å². The lowest BCUT2D eigenvalue weighted by Crippen LogP contribution is -2.01. The lowest BCUT2D eigenvalue weighted by atomic mass is 9.85. The fourth-order valence-electron chi connectivity index (χ4n) is 5.12. The highest BCUT2D eigenvalue weighted by atomic mass is 16.5. The van der Waals surface area contributed by atoms with Gasteiger partial charge in [-0.1, -0.05) is 102 Å². The van der Waals surface area contributed by atoms with E-state index in [-0.39, 0.29) is 0 Å². The number of hydrogen-bond donors (Lipinski definition) is 0. The molecule has 4 rings (SSSR count). The van der Waals surface area contributed by atoms with E-state index < -0.39 is 0 Å². The third-order valence-corrected chi connectivity index (χ3v) is 7.89. The molecule has 4 nitrogen and oxygen atoms in total. The van der Waals surface area contributed by atoms with E-state index in [1.807, 2.05) is 0 Å². The molecule has 0 N–H and O–H groups in total. The molecule has 0 atom stereocenters. The average Bonchev–Trinajstić information content (AvgIpc) is 3.09. The lowest BCUT2D eigenvalue weighted by Gasteiger charge is -2.19. The maximum atomic E-state index is 6.03. The summed E-state index contributed by atoms with van der Waals surface area (Å²) in [6, 6.07) is 34.1. The Hall–Kier alpha value is -4.18. The molecule has 0 aliphatic heterocycles. The van der Waals surface area contributed by atoms with Crippen molar-refractivity contribution in [2.24, 2.45) is 0 Å². The van der Waals surface area contributed by atoms with E-state index in [1.54, 1.807) is 0 Å². The third kappa shape index (κ3) is 10.4. The van der Waals surface area contributed by atoms with Gasteiger partial charge in [-0.15, -0.1) is 0 Å². The van der Waals surface area contributed by atoms with Gasteiger partial charge in [0.15, 0.2) is 0 Å². The molecule has 0 heterocycles. The summed E-state index contributed by atoms with van der Waals surface area (Å²) < 4.78 is 24.1. The van der Waals surface area contributed by atoms with Crippen molar-refractivity contribution in [2.45, 2.75) is 79.1 Å². The first-order valence-corrected chi connectivity index (χ1v) is 17.3. The second-order valence-electron chi connectivity index (χ2n) is 11.7. The molecule has 4 aromatic rings. The van der Waals surface area contributed by atoms with Crippen LogP contribution in [0.1, 0.15) is 101 Å². The van der Waals surface area contributed by atoms with Crippen LogP contribution < -0.4 is 18.9 Å². The van der Waals surface area contributed by atoms with Crippen LogP contribution >= 0.6 is 0 Å². The summed E-state index contributed by atoms with van der Waals surface area (Å²) in [6.45, 7) is 11.6. The predicted octanol–water partition coefficient (Wildman–Crippen LogP) is 11.4. The Morgan fingerprint density at radius 2 is 0.522 bits per heavy atom. The first-order valence-electron chi connectivity index (χ1n) is 17.3. The molecule has 0 spiro atoms. The maximum absolute atomic E-state index is 6.03. The van der Waals surface area contributed by atoms with Crippen molar-refractivity contribution in [1.82, 2.24) is 0 Å². The predicted molar refractivity (Wildman–Crippen MR) is 192 cm³/mol. The molecule has 0 radical (unpaired) electrons. The largest absolute Gasteiger partial charge is 0.494 e. The molecule has 0 aliphatic rings. The zero-order chi connectivity index (χ0) is 32.4. The third-order valence-electron chi connectivity index (χ3n) is 7.89. The van der Waals surface area contributed by atoms with Gasteiger partial charge in [0.25, 0.3) is 0 Å². The second-order valence-corrected chi connectivity index (χ2v) is 11.7. The number of hydrogen-bond acceptors (Lipinski definition) is 4. The minimum Gasteiger partial charge on any atom is -0.494 e. The maximum Gasteiger partial charge on any atom is 0.119 e. The Morgan fingerprint density at radius 3 is 0.696 bits per heavy atom. The molecule has 0 bridgehead atoms. The van der Waals surface area contributed by atoms with Crippen LogP contribution in [0.2, 0.25) is 0 Å². The normalized spacial score (nSPS) is 10.8. The molecule has 0 amide bonds. The molecule has 46 heavy (non-hydrogen) atoms. The van der Waals surface area contributed by atoms with E-state index >= 15 is 0 Å². The standard InChI is InChI=1S/C42H52O4/c1-5-9-29-43-37-21-13-33(14-22-37)41(34-15-23-38(24-16-34)44-30-10-6-2)42(35-17-25-39(26-18-35)45-31-11-7-3)36-19-27-40(28-20-36)46-32-12-8-4/h13-28H,5-12,29-32H2,1-4H3. The Kier molecular flexibility index (Phi) is 14.6. The summed E-state index contributed by atoms with van der Waals surface area (Å²) in [4.78, 5) is 0. The molecule has 0 saturated heterocycles. The minimum atomic E-state index is 0.725. The van der Waals surface area contributed by atoms with Crippen LogP contribution in [0.4, 0.5) is 0 Å².